The summed E-state index contributed by atoms with van der Waals surface area (Å²) in [4.78, 5) is 14.0. The van der Waals surface area contributed by atoms with Crippen LogP contribution < -0.4 is 5.32 Å². The molecule has 3 nitrogen and oxygen atoms in total. The molecule has 104 valence electrons. The topological polar surface area (TPSA) is 32.3 Å². The number of rotatable bonds is 3. The lowest BCUT2D eigenvalue weighted by molar-refractivity contribution is -0.130. The summed E-state index contributed by atoms with van der Waals surface area (Å²) < 4.78 is 0. The summed E-state index contributed by atoms with van der Waals surface area (Å²) in [6.07, 6.45) is 2.16. The van der Waals surface area contributed by atoms with Gasteiger partial charge in [0.2, 0.25) is 5.91 Å². The van der Waals surface area contributed by atoms with Crippen LogP contribution in [0, 0.1) is 5.92 Å². The summed E-state index contributed by atoms with van der Waals surface area (Å²) in [6.45, 7) is 4.15. The first-order chi connectivity index (χ1) is 9.08. The Morgan fingerprint density at radius 2 is 1.89 bits per heavy atom. The van der Waals surface area contributed by atoms with Crippen molar-refractivity contribution in [3.05, 3.63) is 28.2 Å². The number of para-hydroxylation sites is 1. The van der Waals surface area contributed by atoms with E-state index in [1.807, 2.05) is 4.90 Å². The van der Waals surface area contributed by atoms with E-state index in [0.717, 1.165) is 31.8 Å². The molecule has 0 atom stereocenters. The molecule has 1 heterocycles. The van der Waals surface area contributed by atoms with Crippen LogP contribution in [0.25, 0.3) is 0 Å². The van der Waals surface area contributed by atoms with Gasteiger partial charge in [-0.3, -0.25) is 4.79 Å². The first-order valence-corrected chi connectivity index (χ1v) is 7.29. The van der Waals surface area contributed by atoms with Gasteiger partial charge in [0, 0.05) is 13.1 Å². The predicted molar refractivity (Wildman–Crippen MR) is 79.9 cm³/mol. The third kappa shape index (κ3) is 3.77. The van der Waals surface area contributed by atoms with Crippen LogP contribution in [0.2, 0.25) is 10.0 Å². The van der Waals surface area contributed by atoms with E-state index in [1.165, 1.54) is 0 Å². The van der Waals surface area contributed by atoms with Gasteiger partial charge in [-0.05, 0) is 30.9 Å². The number of nitrogens with one attached hydrogen (secondary N) is 1. The zero-order valence-corrected chi connectivity index (χ0v) is 12.5. The van der Waals surface area contributed by atoms with Crippen LogP contribution >= 0.6 is 23.2 Å². The molecule has 0 aromatic heterocycles. The maximum atomic E-state index is 12.1. The molecule has 2 rings (SSSR count). The molecule has 0 aliphatic carbocycles. The molecule has 1 saturated heterocycles. The summed E-state index contributed by atoms with van der Waals surface area (Å²) in [5.41, 5.74) is 0.629. The lowest BCUT2D eigenvalue weighted by atomic mass is 9.99. The minimum absolute atomic E-state index is 0.0999. The third-order valence-electron chi connectivity index (χ3n) is 3.52. The Balaban J connectivity index is 1.90. The molecular formula is C14H18Cl2N2O. The number of benzene rings is 1. The average molecular weight is 301 g/mol. The van der Waals surface area contributed by atoms with Crippen molar-refractivity contribution in [2.75, 3.05) is 25.0 Å². The van der Waals surface area contributed by atoms with Crippen molar-refractivity contribution in [1.82, 2.24) is 4.90 Å². The molecule has 0 radical (unpaired) electrons. The number of nitrogens with zero attached hydrogens (tertiary/aromatic N) is 1. The van der Waals surface area contributed by atoms with Crippen molar-refractivity contribution < 1.29 is 4.79 Å². The molecule has 1 aromatic carbocycles. The van der Waals surface area contributed by atoms with Gasteiger partial charge in [0.05, 0.1) is 22.3 Å². The van der Waals surface area contributed by atoms with Gasteiger partial charge in [0.1, 0.15) is 0 Å². The summed E-state index contributed by atoms with van der Waals surface area (Å²) in [6, 6.07) is 5.29. The third-order valence-corrected chi connectivity index (χ3v) is 4.15. The highest BCUT2D eigenvalue weighted by Gasteiger charge is 2.20. The number of hydrogen-bond donors (Lipinski definition) is 1. The Morgan fingerprint density at radius 3 is 2.47 bits per heavy atom. The summed E-state index contributed by atoms with van der Waals surface area (Å²) >= 11 is 12.1. The van der Waals surface area contributed by atoms with E-state index >= 15 is 0 Å². The second-order valence-corrected chi connectivity index (χ2v) is 5.83. The largest absolute Gasteiger partial charge is 0.374 e. The zero-order chi connectivity index (χ0) is 13.8. The van der Waals surface area contributed by atoms with Crippen LogP contribution in [0.15, 0.2) is 18.2 Å². The zero-order valence-electron chi connectivity index (χ0n) is 11.0. The fraction of sp³-hybridized carbons (Fsp3) is 0.500. The van der Waals surface area contributed by atoms with Crippen molar-refractivity contribution in [2.45, 2.75) is 19.8 Å². The van der Waals surface area contributed by atoms with Gasteiger partial charge >= 0.3 is 0 Å². The second-order valence-electron chi connectivity index (χ2n) is 5.01. The van der Waals surface area contributed by atoms with E-state index in [-0.39, 0.29) is 12.5 Å². The smallest absolute Gasteiger partial charge is 0.241 e. The Hall–Kier alpha value is -0.930. The Kier molecular flexibility index (Phi) is 4.94. The van der Waals surface area contributed by atoms with Crippen molar-refractivity contribution >= 4 is 34.8 Å². The number of piperidine rings is 1. The molecule has 0 bridgehead atoms. The molecular weight excluding hydrogens is 283 g/mol. The van der Waals surface area contributed by atoms with E-state index in [1.54, 1.807) is 18.2 Å². The average Bonchev–Trinajstić information content (AvgIpc) is 2.38. The number of carbonyl (C=O) groups is 1. The molecule has 1 fully saturated rings. The molecule has 1 aromatic rings. The molecule has 1 aliphatic heterocycles. The molecule has 1 amide bonds. The van der Waals surface area contributed by atoms with Crippen LogP contribution in [0.1, 0.15) is 19.8 Å². The van der Waals surface area contributed by atoms with Gasteiger partial charge in [0.15, 0.2) is 0 Å². The Labute approximate surface area is 123 Å². The van der Waals surface area contributed by atoms with Crippen molar-refractivity contribution in [3.8, 4) is 0 Å². The van der Waals surface area contributed by atoms with Crippen LogP contribution in [0.5, 0.6) is 0 Å². The molecule has 19 heavy (non-hydrogen) atoms. The second kappa shape index (κ2) is 6.49. The molecule has 0 unspecified atom stereocenters. The number of anilines is 1. The van der Waals surface area contributed by atoms with Crippen LogP contribution in [-0.4, -0.2) is 30.4 Å². The number of hydrogen-bond acceptors (Lipinski definition) is 2. The molecule has 0 saturated carbocycles. The molecule has 1 aliphatic rings. The number of amides is 1. The van der Waals surface area contributed by atoms with E-state index in [0.29, 0.717) is 15.7 Å². The van der Waals surface area contributed by atoms with E-state index in [2.05, 4.69) is 12.2 Å². The van der Waals surface area contributed by atoms with Crippen LogP contribution in [0.3, 0.4) is 0 Å². The lowest BCUT2D eigenvalue weighted by Gasteiger charge is -2.30. The SMILES string of the molecule is CC1CCN(C(=O)CNc2c(Cl)cccc2Cl)CC1. The first kappa shape index (κ1) is 14.5. The predicted octanol–water partition coefficient (Wildman–Crippen LogP) is 3.66. The van der Waals surface area contributed by atoms with E-state index in [4.69, 9.17) is 23.2 Å². The standard InChI is InChI=1S/C14H18Cl2N2O/c1-10-5-7-18(8-6-10)13(19)9-17-14-11(15)3-2-4-12(14)16/h2-4,10,17H,5-9H2,1H3. The summed E-state index contributed by atoms with van der Waals surface area (Å²) in [5.74, 6) is 0.818. The molecule has 5 heteroatoms. The van der Waals surface area contributed by atoms with Gasteiger partial charge in [0.25, 0.3) is 0 Å². The molecule has 0 spiro atoms. The number of carbonyl (C=O) groups excluding carboxylic acids is 1. The number of halogens is 2. The van der Waals surface area contributed by atoms with Gasteiger partial charge in [-0.1, -0.05) is 36.2 Å². The Bertz CT molecular complexity index is 437. The van der Waals surface area contributed by atoms with Gasteiger partial charge < -0.3 is 10.2 Å². The van der Waals surface area contributed by atoms with Crippen molar-refractivity contribution in [2.24, 2.45) is 5.92 Å². The maximum absolute atomic E-state index is 12.1. The number of likely N-dealkylation sites (tertiary alicyclic amines) is 1. The molecule has 1 N–H and O–H groups in total. The van der Waals surface area contributed by atoms with Gasteiger partial charge in [-0.15, -0.1) is 0 Å². The van der Waals surface area contributed by atoms with Crippen LogP contribution in [0.4, 0.5) is 5.69 Å². The van der Waals surface area contributed by atoms with Crippen LogP contribution in [-0.2, 0) is 4.79 Å². The highest BCUT2D eigenvalue weighted by molar-refractivity contribution is 6.39. The monoisotopic (exact) mass is 300 g/mol. The fourth-order valence-corrected chi connectivity index (χ4v) is 2.73. The lowest BCUT2D eigenvalue weighted by Crippen LogP contribution is -2.40. The quantitative estimate of drug-likeness (QED) is 0.924. The van der Waals surface area contributed by atoms with Gasteiger partial charge in [-0.25, -0.2) is 0 Å². The normalized spacial score (nSPS) is 16.5. The minimum atomic E-state index is 0.0999. The highest BCUT2D eigenvalue weighted by Crippen LogP contribution is 2.29. The maximum Gasteiger partial charge on any atom is 0.241 e. The summed E-state index contributed by atoms with van der Waals surface area (Å²) in [5, 5.41) is 4.10. The Morgan fingerprint density at radius 1 is 1.32 bits per heavy atom. The van der Waals surface area contributed by atoms with E-state index in [9.17, 15) is 4.79 Å². The minimum Gasteiger partial charge on any atom is -0.374 e. The highest BCUT2D eigenvalue weighted by atomic mass is 35.5. The fourth-order valence-electron chi connectivity index (χ4n) is 2.20. The first-order valence-electron chi connectivity index (χ1n) is 6.53. The van der Waals surface area contributed by atoms with Crippen molar-refractivity contribution in [3.63, 3.8) is 0 Å². The van der Waals surface area contributed by atoms with Crippen molar-refractivity contribution in [1.29, 1.82) is 0 Å². The summed E-state index contributed by atoms with van der Waals surface area (Å²) in [7, 11) is 0. The van der Waals surface area contributed by atoms with Gasteiger partial charge in [-0.2, -0.15) is 0 Å². The van der Waals surface area contributed by atoms with E-state index < -0.39 is 0 Å².